The number of anilines is 1. The van der Waals surface area contributed by atoms with E-state index in [-0.39, 0.29) is 5.91 Å². The summed E-state index contributed by atoms with van der Waals surface area (Å²) in [5.41, 5.74) is 2.01. The average molecular weight is 428 g/mol. The molecular formula is C25H20N2O5. The van der Waals surface area contributed by atoms with Crippen molar-refractivity contribution in [2.45, 2.75) is 12.1 Å². The van der Waals surface area contributed by atoms with Gasteiger partial charge in [0.1, 0.15) is 17.5 Å². The Hall–Kier alpha value is -4.13. The molecule has 2 aliphatic rings. The van der Waals surface area contributed by atoms with Crippen molar-refractivity contribution >= 4 is 23.4 Å². The highest BCUT2D eigenvalue weighted by Crippen LogP contribution is 2.45. The fourth-order valence-corrected chi connectivity index (χ4v) is 4.39. The third kappa shape index (κ3) is 2.85. The predicted octanol–water partition coefficient (Wildman–Crippen LogP) is 3.46. The van der Waals surface area contributed by atoms with Gasteiger partial charge in [-0.25, -0.2) is 0 Å². The molecule has 2 heterocycles. The maximum Gasteiger partial charge on any atom is 0.262 e. The number of nitrogens with zero attached hydrogens (tertiary/aromatic N) is 2. The van der Waals surface area contributed by atoms with Crippen LogP contribution in [0.5, 0.6) is 11.5 Å². The molecule has 0 aliphatic carbocycles. The van der Waals surface area contributed by atoms with Gasteiger partial charge in [-0.1, -0.05) is 30.3 Å². The molecule has 3 aromatic rings. The van der Waals surface area contributed by atoms with Gasteiger partial charge in [0.15, 0.2) is 0 Å². The van der Waals surface area contributed by atoms with Gasteiger partial charge in [0, 0.05) is 11.8 Å². The van der Waals surface area contributed by atoms with E-state index in [1.165, 1.54) is 0 Å². The molecule has 2 aliphatic heterocycles. The van der Waals surface area contributed by atoms with Crippen molar-refractivity contribution in [3.63, 3.8) is 0 Å². The van der Waals surface area contributed by atoms with E-state index in [0.29, 0.717) is 28.3 Å². The molecule has 0 saturated carbocycles. The number of carbonyl (C=O) groups is 3. The fourth-order valence-electron chi connectivity index (χ4n) is 4.39. The number of hydrogen-bond acceptors (Lipinski definition) is 5. The summed E-state index contributed by atoms with van der Waals surface area (Å²) in [6.07, 6.45) is 0. The van der Waals surface area contributed by atoms with Crippen LogP contribution in [0, 0.1) is 0 Å². The predicted molar refractivity (Wildman–Crippen MR) is 117 cm³/mol. The summed E-state index contributed by atoms with van der Waals surface area (Å²) < 4.78 is 10.7. The normalized spacial score (nSPS) is 19.6. The van der Waals surface area contributed by atoms with Crippen molar-refractivity contribution in [1.29, 1.82) is 0 Å². The summed E-state index contributed by atoms with van der Waals surface area (Å²) in [6.45, 7) is 0. The lowest BCUT2D eigenvalue weighted by Crippen LogP contribution is -2.67. The minimum atomic E-state index is -0.958. The second-order valence-corrected chi connectivity index (χ2v) is 7.60. The van der Waals surface area contributed by atoms with Crippen LogP contribution in [0.15, 0.2) is 72.8 Å². The van der Waals surface area contributed by atoms with E-state index in [1.807, 2.05) is 18.2 Å². The number of amides is 3. The van der Waals surface area contributed by atoms with Crippen molar-refractivity contribution < 1.29 is 23.9 Å². The summed E-state index contributed by atoms with van der Waals surface area (Å²) in [5, 5.41) is 0. The molecule has 7 nitrogen and oxygen atoms in total. The summed E-state index contributed by atoms with van der Waals surface area (Å²) >= 11 is 0. The molecule has 0 radical (unpaired) electrons. The molecular weight excluding hydrogens is 408 g/mol. The summed E-state index contributed by atoms with van der Waals surface area (Å²) in [4.78, 5) is 42.4. The SMILES string of the molecule is COc1cccc([C@H]2[C@H](N3C(=O)c4ccccc4C3=O)C(=O)N2c2cccc(OC)c2)c1. The third-order valence-electron chi connectivity index (χ3n) is 5.94. The molecule has 2 atom stereocenters. The second kappa shape index (κ2) is 7.53. The van der Waals surface area contributed by atoms with E-state index in [9.17, 15) is 14.4 Å². The molecule has 3 aromatic carbocycles. The maximum atomic E-state index is 13.4. The first kappa shape index (κ1) is 19.8. The van der Waals surface area contributed by atoms with Crippen molar-refractivity contribution in [3.05, 3.63) is 89.5 Å². The van der Waals surface area contributed by atoms with Crippen LogP contribution in [0.4, 0.5) is 5.69 Å². The Morgan fingerprint density at radius 1 is 0.656 bits per heavy atom. The molecule has 1 saturated heterocycles. The fraction of sp³-hybridized carbons (Fsp3) is 0.160. The average Bonchev–Trinajstić information content (AvgIpc) is 3.08. The van der Waals surface area contributed by atoms with E-state index in [0.717, 1.165) is 10.5 Å². The zero-order chi connectivity index (χ0) is 22.4. The number of imide groups is 1. The van der Waals surface area contributed by atoms with E-state index in [4.69, 9.17) is 9.47 Å². The number of fused-ring (bicyclic) bond motifs is 1. The van der Waals surface area contributed by atoms with Gasteiger partial charge in [0.2, 0.25) is 0 Å². The van der Waals surface area contributed by atoms with E-state index < -0.39 is 23.9 Å². The number of benzene rings is 3. The molecule has 0 aromatic heterocycles. The Morgan fingerprint density at radius 2 is 1.25 bits per heavy atom. The number of ether oxygens (including phenoxy) is 2. The molecule has 1 fully saturated rings. The first-order valence-corrected chi connectivity index (χ1v) is 10.1. The number of rotatable bonds is 5. The summed E-state index contributed by atoms with van der Waals surface area (Å²) in [5.74, 6) is -0.0257. The largest absolute Gasteiger partial charge is 0.497 e. The monoisotopic (exact) mass is 428 g/mol. The van der Waals surface area contributed by atoms with Crippen LogP contribution >= 0.6 is 0 Å². The van der Waals surface area contributed by atoms with Crippen LogP contribution < -0.4 is 14.4 Å². The van der Waals surface area contributed by atoms with Gasteiger partial charge in [-0.2, -0.15) is 0 Å². The van der Waals surface area contributed by atoms with Crippen molar-refractivity contribution in [2.75, 3.05) is 19.1 Å². The highest BCUT2D eigenvalue weighted by Gasteiger charge is 2.57. The van der Waals surface area contributed by atoms with Gasteiger partial charge in [0.05, 0.1) is 31.4 Å². The Morgan fingerprint density at radius 3 is 1.88 bits per heavy atom. The van der Waals surface area contributed by atoms with Crippen LogP contribution in [0.1, 0.15) is 32.3 Å². The lowest BCUT2D eigenvalue weighted by molar-refractivity contribution is -0.130. The minimum absolute atomic E-state index is 0.314. The van der Waals surface area contributed by atoms with Crippen LogP contribution in [-0.4, -0.2) is 42.9 Å². The molecule has 32 heavy (non-hydrogen) atoms. The van der Waals surface area contributed by atoms with Crippen LogP contribution in [0.2, 0.25) is 0 Å². The van der Waals surface area contributed by atoms with Gasteiger partial charge in [-0.15, -0.1) is 0 Å². The summed E-state index contributed by atoms with van der Waals surface area (Å²) in [7, 11) is 3.12. The molecule has 7 heteroatoms. The van der Waals surface area contributed by atoms with Crippen LogP contribution in [-0.2, 0) is 4.79 Å². The highest BCUT2D eigenvalue weighted by molar-refractivity contribution is 6.24. The number of carbonyl (C=O) groups excluding carboxylic acids is 3. The smallest absolute Gasteiger partial charge is 0.262 e. The number of methoxy groups -OCH3 is 2. The molecule has 0 unspecified atom stereocenters. The van der Waals surface area contributed by atoms with Gasteiger partial charge < -0.3 is 14.4 Å². The van der Waals surface area contributed by atoms with E-state index >= 15 is 0 Å². The summed E-state index contributed by atoms with van der Waals surface area (Å²) in [6, 6.07) is 19.5. The Bertz CT molecular complexity index is 1220. The van der Waals surface area contributed by atoms with Crippen molar-refractivity contribution in [2.24, 2.45) is 0 Å². The Labute approximate surface area is 184 Å². The lowest BCUT2D eigenvalue weighted by atomic mass is 9.86. The molecule has 0 N–H and O–H groups in total. The highest BCUT2D eigenvalue weighted by atomic mass is 16.5. The molecule has 0 bridgehead atoms. The molecule has 3 amide bonds. The topological polar surface area (TPSA) is 76.2 Å². The van der Waals surface area contributed by atoms with Crippen molar-refractivity contribution in [1.82, 2.24) is 4.90 Å². The molecule has 160 valence electrons. The van der Waals surface area contributed by atoms with E-state index in [2.05, 4.69) is 0 Å². The van der Waals surface area contributed by atoms with Crippen molar-refractivity contribution in [3.8, 4) is 11.5 Å². The van der Waals surface area contributed by atoms with E-state index in [1.54, 1.807) is 73.7 Å². The van der Waals surface area contributed by atoms with Gasteiger partial charge in [0.25, 0.3) is 17.7 Å². The zero-order valence-corrected chi connectivity index (χ0v) is 17.5. The zero-order valence-electron chi connectivity index (χ0n) is 17.5. The molecule has 5 rings (SSSR count). The third-order valence-corrected chi connectivity index (χ3v) is 5.94. The Kier molecular flexibility index (Phi) is 4.66. The van der Waals surface area contributed by atoms with Gasteiger partial charge in [-0.3, -0.25) is 19.3 Å². The Balaban J connectivity index is 1.60. The van der Waals surface area contributed by atoms with Gasteiger partial charge >= 0.3 is 0 Å². The first-order chi connectivity index (χ1) is 15.5. The number of hydrogen-bond donors (Lipinski definition) is 0. The number of β-lactam (4-membered cyclic amide) rings is 1. The first-order valence-electron chi connectivity index (χ1n) is 10.1. The maximum absolute atomic E-state index is 13.4. The lowest BCUT2D eigenvalue weighted by Gasteiger charge is -2.49. The van der Waals surface area contributed by atoms with Gasteiger partial charge in [-0.05, 0) is 42.0 Å². The minimum Gasteiger partial charge on any atom is -0.497 e. The second-order valence-electron chi connectivity index (χ2n) is 7.60. The quantitative estimate of drug-likeness (QED) is 0.460. The standard InChI is InChI=1S/C25H20N2O5/c1-31-17-9-5-7-15(13-17)21-22(25(30)26(21)16-8-6-10-18(14-16)32-2)27-23(28)19-11-3-4-12-20(19)24(27)29/h3-14,21-22H,1-2H3/t21-,22-/m0/s1. The van der Waals surface area contributed by atoms with Crippen LogP contribution in [0.25, 0.3) is 0 Å². The molecule has 0 spiro atoms. The van der Waals surface area contributed by atoms with Crippen LogP contribution in [0.3, 0.4) is 0 Å².